The van der Waals surface area contributed by atoms with Gasteiger partial charge in [0.2, 0.25) is 5.82 Å². The first-order valence-electron chi connectivity index (χ1n) is 6.42. The zero-order valence-electron chi connectivity index (χ0n) is 12.2. The summed E-state index contributed by atoms with van der Waals surface area (Å²) in [7, 11) is 0.938. The number of hydroxylamine groups is 2. The highest BCUT2D eigenvalue weighted by molar-refractivity contribution is 9.10. The predicted molar refractivity (Wildman–Crippen MR) is 77.9 cm³/mol. The molecule has 4 nitrogen and oxygen atoms in total. The summed E-state index contributed by atoms with van der Waals surface area (Å²) in [5, 5.41) is 0.308. The Labute approximate surface area is 145 Å². The van der Waals surface area contributed by atoms with Crippen molar-refractivity contribution in [2.45, 2.75) is 0 Å². The van der Waals surface area contributed by atoms with E-state index in [1.807, 2.05) is 0 Å². The van der Waals surface area contributed by atoms with Gasteiger partial charge in [0, 0.05) is 17.1 Å². The summed E-state index contributed by atoms with van der Waals surface area (Å²) in [6.07, 6.45) is 0. The molecule has 0 aliphatic carbocycles. The number of amides is 1. The third-order valence-corrected chi connectivity index (χ3v) is 3.48. The van der Waals surface area contributed by atoms with Gasteiger partial charge in [0.05, 0.1) is 0 Å². The van der Waals surface area contributed by atoms with Gasteiger partial charge in [-0.15, -0.1) is 0 Å². The summed E-state index contributed by atoms with van der Waals surface area (Å²) in [6, 6.07) is 5.83. The molecule has 0 saturated heterocycles. The number of rotatable bonds is 2. The van der Waals surface area contributed by atoms with Crippen molar-refractivity contribution in [2.75, 3.05) is 7.05 Å². The zero-order valence-corrected chi connectivity index (χ0v) is 13.8. The van der Waals surface area contributed by atoms with Crippen LogP contribution >= 0.6 is 15.9 Å². The molecule has 132 valence electrons. The first kappa shape index (κ1) is 18.8. The molecule has 0 atom stereocenters. The predicted octanol–water partition coefficient (Wildman–Crippen LogP) is 3.99. The van der Waals surface area contributed by atoms with Crippen LogP contribution in [0.25, 0.3) is 0 Å². The largest absolute Gasteiger partial charge is 0.369 e. The lowest BCUT2D eigenvalue weighted by molar-refractivity contribution is -0.0666. The van der Waals surface area contributed by atoms with Crippen LogP contribution in [-0.2, 0) is 4.84 Å². The van der Waals surface area contributed by atoms with Crippen molar-refractivity contribution in [3.63, 3.8) is 0 Å². The van der Waals surface area contributed by atoms with Crippen LogP contribution in [-0.4, -0.2) is 24.0 Å². The van der Waals surface area contributed by atoms with E-state index in [0.717, 1.165) is 7.05 Å². The van der Waals surface area contributed by atoms with Crippen LogP contribution in [0.5, 0.6) is 0 Å². The molecule has 0 saturated carbocycles. The zero-order chi connectivity index (χ0) is 18.9. The molecule has 0 N–H and O–H groups in total. The molecule has 0 aliphatic heterocycles. The van der Waals surface area contributed by atoms with Crippen LogP contribution in [0.4, 0.5) is 22.0 Å². The van der Waals surface area contributed by atoms with Gasteiger partial charge in [-0.1, -0.05) is 22.0 Å². The lowest BCUT2D eigenvalue weighted by Crippen LogP contribution is -2.31. The molecule has 1 amide bonds. The fourth-order valence-electron chi connectivity index (χ4n) is 1.80. The number of nitrogens with zero attached hydrogens (tertiary/aromatic N) is 1. The molecule has 0 aromatic heterocycles. The highest BCUT2D eigenvalue weighted by atomic mass is 79.9. The van der Waals surface area contributed by atoms with Gasteiger partial charge in [0.25, 0.3) is 5.91 Å². The van der Waals surface area contributed by atoms with Gasteiger partial charge >= 0.3 is 5.97 Å². The fourth-order valence-corrected chi connectivity index (χ4v) is 2.20. The van der Waals surface area contributed by atoms with E-state index in [9.17, 15) is 31.5 Å². The maximum Gasteiger partial charge on any atom is 0.369 e. The number of benzene rings is 2. The molecule has 25 heavy (non-hydrogen) atoms. The van der Waals surface area contributed by atoms with Crippen molar-refractivity contribution in [1.82, 2.24) is 5.06 Å². The summed E-state index contributed by atoms with van der Waals surface area (Å²) < 4.78 is 66.8. The van der Waals surface area contributed by atoms with Crippen molar-refractivity contribution in [1.29, 1.82) is 0 Å². The summed E-state index contributed by atoms with van der Waals surface area (Å²) >= 11 is 3.11. The van der Waals surface area contributed by atoms with E-state index in [2.05, 4.69) is 20.8 Å². The van der Waals surface area contributed by atoms with Crippen LogP contribution in [0.15, 0.2) is 28.7 Å². The van der Waals surface area contributed by atoms with Gasteiger partial charge in [-0.05, 0) is 18.2 Å². The molecular weight excluding hydrogens is 417 g/mol. The average Bonchev–Trinajstić information content (AvgIpc) is 2.57. The molecular formula is C15H7BrF5NO3. The van der Waals surface area contributed by atoms with Crippen molar-refractivity contribution in [3.8, 4) is 0 Å². The maximum atomic E-state index is 13.5. The van der Waals surface area contributed by atoms with Crippen molar-refractivity contribution in [2.24, 2.45) is 0 Å². The van der Waals surface area contributed by atoms with Crippen molar-refractivity contribution >= 4 is 27.8 Å². The summed E-state index contributed by atoms with van der Waals surface area (Å²) in [4.78, 5) is 28.2. The smallest absolute Gasteiger partial charge is 0.332 e. The van der Waals surface area contributed by atoms with Gasteiger partial charge in [-0.25, -0.2) is 26.7 Å². The average molecular weight is 424 g/mol. The van der Waals surface area contributed by atoms with E-state index in [1.54, 1.807) is 6.07 Å². The van der Waals surface area contributed by atoms with Crippen LogP contribution in [0.3, 0.4) is 0 Å². The van der Waals surface area contributed by atoms with Gasteiger partial charge in [0.15, 0.2) is 23.3 Å². The lowest BCUT2D eigenvalue weighted by Gasteiger charge is -2.17. The molecule has 0 radical (unpaired) electrons. The lowest BCUT2D eigenvalue weighted by atomic mass is 10.1. The van der Waals surface area contributed by atoms with E-state index in [1.165, 1.54) is 18.2 Å². The van der Waals surface area contributed by atoms with Crippen molar-refractivity contribution < 1.29 is 36.4 Å². The SMILES string of the molecule is CN(OC(=O)c1c(F)c(F)c(F)c(F)c1F)C(=O)c1cccc(Br)c1. The summed E-state index contributed by atoms with van der Waals surface area (Å²) in [6.45, 7) is 0. The quantitative estimate of drug-likeness (QED) is 0.317. The molecule has 0 bridgehead atoms. The molecule has 2 aromatic carbocycles. The fraction of sp³-hybridized carbons (Fsp3) is 0.0667. The highest BCUT2D eigenvalue weighted by Crippen LogP contribution is 2.24. The van der Waals surface area contributed by atoms with E-state index < -0.39 is 46.5 Å². The Morgan fingerprint density at radius 2 is 1.48 bits per heavy atom. The second-order valence-electron chi connectivity index (χ2n) is 4.64. The molecule has 2 aromatic rings. The Kier molecular flexibility index (Phi) is 5.41. The van der Waals surface area contributed by atoms with Crippen LogP contribution < -0.4 is 0 Å². The molecule has 0 aliphatic rings. The van der Waals surface area contributed by atoms with Gasteiger partial charge in [0.1, 0.15) is 5.56 Å². The van der Waals surface area contributed by atoms with E-state index in [0.29, 0.717) is 9.54 Å². The number of carbonyl (C=O) groups is 2. The Morgan fingerprint density at radius 1 is 0.960 bits per heavy atom. The minimum atomic E-state index is -2.41. The Bertz CT molecular complexity index is 845. The minimum absolute atomic E-state index is 0.0436. The third-order valence-electron chi connectivity index (χ3n) is 2.99. The molecule has 10 heteroatoms. The third kappa shape index (κ3) is 3.63. The number of carbonyl (C=O) groups excluding carboxylic acids is 2. The Balaban J connectivity index is 2.30. The van der Waals surface area contributed by atoms with Gasteiger partial charge < -0.3 is 4.84 Å². The monoisotopic (exact) mass is 423 g/mol. The molecule has 0 spiro atoms. The second-order valence-corrected chi connectivity index (χ2v) is 5.55. The molecule has 2 rings (SSSR count). The Morgan fingerprint density at radius 3 is 2.00 bits per heavy atom. The van der Waals surface area contributed by atoms with Crippen LogP contribution in [0, 0.1) is 29.1 Å². The van der Waals surface area contributed by atoms with Gasteiger partial charge in [-0.3, -0.25) is 4.79 Å². The van der Waals surface area contributed by atoms with Gasteiger partial charge in [-0.2, -0.15) is 5.06 Å². The second kappa shape index (κ2) is 7.18. The number of hydrogen-bond donors (Lipinski definition) is 0. The maximum absolute atomic E-state index is 13.5. The highest BCUT2D eigenvalue weighted by Gasteiger charge is 2.32. The standard InChI is InChI=1S/C15H7BrF5NO3/c1-22(14(23)6-3-2-4-7(16)5-6)25-15(24)8-9(17)11(19)13(21)12(20)10(8)18/h2-5H,1H3. The topological polar surface area (TPSA) is 46.6 Å². The minimum Gasteiger partial charge on any atom is -0.332 e. The molecule has 0 fully saturated rings. The summed E-state index contributed by atoms with van der Waals surface area (Å²) in [5.74, 6) is -14.5. The van der Waals surface area contributed by atoms with E-state index >= 15 is 0 Å². The van der Waals surface area contributed by atoms with Crippen molar-refractivity contribution in [3.05, 3.63) is 69.0 Å². The summed E-state index contributed by atoms with van der Waals surface area (Å²) in [5.41, 5.74) is -1.76. The van der Waals surface area contributed by atoms with E-state index in [-0.39, 0.29) is 5.56 Å². The number of hydrogen-bond acceptors (Lipinski definition) is 3. The first-order chi connectivity index (χ1) is 11.6. The number of halogens is 6. The Hall–Kier alpha value is -2.49. The first-order valence-corrected chi connectivity index (χ1v) is 7.21. The van der Waals surface area contributed by atoms with Crippen LogP contribution in [0.2, 0.25) is 0 Å². The molecule has 0 unspecified atom stereocenters. The van der Waals surface area contributed by atoms with E-state index in [4.69, 9.17) is 0 Å². The molecule has 0 heterocycles. The normalized spacial score (nSPS) is 10.5. The van der Waals surface area contributed by atoms with Crippen LogP contribution in [0.1, 0.15) is 20.7 Å².